The van der Waals surface area contributed by atoms with Gasteiger partial charge in [0.2, 0.25) is 5.91 Å². The summed E-state index contributed by atoms with van der Waals surface area (Å²) < 4.78 is 0. The number of carbonyl (C=O) groups excluding carboxylic acids is 2. The van der Waals surface area contributed by atoms with E-state index in [1.807, 2.05) is 32.9 Å². The van der Waals surface area contributed by atoms with Crippen molar-refractivity contribution in [1.29, 1.82) is 0 Å². The average molecular weight is 334 g/mol. The number of aryl methyl sites for hydroxylation is 1. The quantitative estimate of drug-likeness (QED) is 0.758. The first-order valence-corrected chi connectivity index (χ1v) is 8.37. The van der Waals surface area contributed by atoms with Crippen LogP contribution in [0.2, 0.25) is 0 Å². The highest BCUT2D eigenvalue weighted by Gasteiger charge is 2.23. The number of amides is 2. The van der Waals surface area contributed by atoms with Gasteiger partial charge in [-0.15, -0.1) is 11.3 Å². The van der Waals surface area contributed by atoms with Gasteiger partial charge < -0.3 is 10.6 Å². The van der Waals surface area contributed by atoms with Crippen molar-refractivity contribution in [1.82, 2.24) is 20.8 Å². The van der Waals surface area contributed by atoms with Gasteiger partial charge in [-0.2, -0.15) is 5.10 Å². The lowest BCUT2D eigenvalue weighted by molar-refractivity contribution is -0.122. The Morgan fingerprint density at radius 2 is 2.09 bits per heavy atom. The van der Waals surface area contributed by atoms with E-state index in [4.69, 9.17) is 0 Å². The van der Waals surface area contributed by atoms with Gasteiger partial charge in [0.05, 0.1) is 10.6 Å². The van der Waals surface area contributed by atoms with Gasteiger partial charge in [-0.25, -0.2) is 0 Å². The molecule has 0 aliphatic heterocycles. The van der Waals surface area contributed by atoms with Gasteiger partial charge in [0.1, 0.15) is 6.04 Å². The second-order valence-electron chi connectivity index (χ2n) is 5.85. The van der Waals surface area contributed by atoms with E-state index in [0.29, 0.717) is 12.3 Å². The maximum atomic E-state index is 12.3. The van der Waals surface area contributed by atoms with Crippen LogP contribution >= 0.6 is 11.3 Å². The first kappa shape index (κ1) is 17.2. The smallest absolute Gasteiger partial charge is 0.272 e. The summed E-state index contributed by atoms with van der Waals surface area (Å²) in [5.41, 5.74) is 1.08. The van der Waals surface area contributed by atoms with Crippen molar-refractivity contribution in [2.24, 2.45) is 5.92 Å². The highest BCUT2D eigenvalue weighted by atomic mass is 32.1. The molecule has 6 nitrogen and oxygen atoms in total. The molecule has 0 aliphatic carbocycles. The number of likely N-dealkylation sites (N-methyl/N-ethyl adjacent to an activating group) is 1. The second-order valence-corrected chi connectivity index (χ2v) is 7.13. The number of rotatable bonds is 6. The number of H-pyrrole nitrogens is 1. The summed E-state index contributed by atoms with van der Waals surface area (Å²) in [5.74, 6) is -0.256. The highest BCUT2D eigenvalue weighted by Crippen LogP contribution is 2.26. The predicted molar refractivity (Wildman–Crippen MR) is 91.4 cm³/mol. The Bertz CT molecular complexity index is 690. The van der Waals surface area contributed by atoms with Crippen LogP contribution < -0.4 is 10.6 Å². The molecule has 2 rings (SSSR count). The minimum absolute atomic E-state index is 0.198. The van der Waals surface area contributed by atoms with Crippen molar-refractivity contribution in [2.45, 2.75) is 33.2 Å². The summed E-state index contributed by atoms with van der Waals surface area (Å²) in [6.45, 7) is 6.04. The molecule has 0 saturated carbocycles. The number of hydrogen-bond acceptors (Lipinski definition) is 4. The van der Waals surface area contributed by atoms with Gasteiger partial charge in [-0.1, -0.05) is 13.8 Å². The molecule has 0 aromatic carbocycles. The summed E-state index contributed by atoms with van der Waals surface area (Å²) in [6, 6.07) is 5.15. The minimum Gasteiger partial charge on any atom is -0.357 e. The minimum atomic E-state index is -0.559. The number of aromatic amines is 1. The van der Waals surface area contributed by atoms with E-state index in [0.717, 1.165) is 10.6 Å². The molecule has 124 valence electrons. The Morgan fingerprint density at radius 1 is 1.35 bits per heavy atom. The van der Waals surface area contributed by atoms with E-state index in [2.05, 4.69) is 20.8 Å². The third-order valence-corrected chi connectivity index (χ3v) is 4.43. The van der Waals surface area contributed by atoms with Gasteiger partial charge in [0, 0.05) is 11.9 Å². The van der Waals surface area contributed by atoms with Crippen molar-refractivity contribution in [3.05, 3.63) is 28.8 Å². The molecule has 2 amide bonds. The maximum absolute atomic E-state index is 12.3. The van der Waals surface area contributed by atoms with Crippen LogP contribution in [0.4, 0.5) is 0 Å². The highest BCUT2D eigenvalue weighted by molar-refractivity contribution is 7.15. The molecule has 0 saturated heterocycles. The van der Waals surface area contributed by atoms with Crippen molar-refractivity contribution in [3.8, 4) is 10.6 Å². The van der Waals surface area contributed by atoms with Crippen LogP contribution in [-0.4, -0.2) is 35.1 Å². The molecule has 2 aromatic heterocycles. The summed E-state index contributed by atoms with van der Waals surface area (Å²) >= 11 is 1.63. The Hall–Kier alpha value is -2.15. The van der Waals surface area contributed by atoms with Gasteiger partial charge >= 0.3 is 0 Å². The van der Waals surface area contributed by atoms with Gasteiger partial charge in [0.25, 0.3) is 5.91 Å². The lowest BCUT2D eigenvalue weighted by Gasteiger charge is -2.18. The van der Waals surface area contributed by atoms with E-state index in [9.17, 15) is 9.59 Å². The van der Waals surface area contributed by atoms with Crippen LogP contribution in [0.25, 0.3) is 10.6 Å². The fraction of sp³-hybridized carbons (Fsp3) is 0.438. The Kier molecular flexibility index (Phi) is 5.54. The number of nitrogens with zero attached hydrogens (tertiary/aromatic N) is 1. The number of thiophene rings is 1. The predicted octanol–water partition coefficient (Wildman–Crippen LogP) is 2.34. The monoisotopic (exact) mass is 334 g/mol. The van der Waals surface area contributed by atoms with Crippen LogP contribution in [-0.2, 0) is 4.79 Å². The van der Waals surface area contributed by atoms with Crippen molar-refractivity contribution >= 4 is 23.2 Å². The van der Waals surface area contributed by atoms with Crippen molar-refractivity contribution in [3.63, 3.8) is 0 Å². The zero-order valence-corrected chi connectivity index (χ0v) is 14.6. The molecule has 23 heavy (non-hydrogen) atoms. The SMILES string of the molecule is CNC(=O)[C@H](CC(C)C)NC(=O)c1cc(-c2ccc(C)s2)[nH]n1. The average Bonchev–Trinajstić information content (AvgIpc) is 3.13. The molecule has 7 heteroatoms. The fourth-order valence-electron chi connectivity index (χ4n) is 2.25. The summed E-state index contributed by atoms with van der Waals surface area (Å²) in [6.07, 6.45) is 0.576. The number of carbonyl (C=O) groups is 2. The van der Waals surface area contributed by atoms with Crippen molar-refractivity contribution < 1.29 is 9.59 Å². The van der Waals surface area contributed by atoms with Crippen LogP contribution in [0.1, 0.15) is 35.6 Å². The van der Waals surface area contributed by atoms with Gasteiger partial charge in [0.15, 0.2) is 5.69 Å². The molecule has 1 atom stereocenters. The third kappa shape index (κ3) is 4.41. The molecule has 0 radical (unpaired) electrons. The van der Waals surface area contributed by atoms with E-state index in [1.54, 1.807) is 24.5 Å². The number of hydrogen-bond donors (Lipinski definition) is 3. The lowest BCUT2D eigenvalue weighted by atomic mass is 10.0. The van der Waals surface area contributed by atoms with Crippen molar-refractivity contribution in [2.75, 3.05) is 7.05 Å². The molecule has 2 heterocycles. The molecule has 0 fully saturated rings. The lowest BCUT2D eigenvalue weighted by Crippen LogP contribution is -2.46. The Balaban J connectivity index is 2.10. The van der Waals surface area contributed by atoms with Crippen LogP contribution in [0.15, 0.2) is 18.2 Å². The van der Waals surface area contributed by atoms with Crippen LogP contribution in [0.3, 0.4) is 0 Å². The van der Waals surface area contributed by atoms with Gasteiger partial charge in [-0.05, 0) is 37.5 Å². The standard InChI is InChI=1S/C16H22N4O2S/c1-9(2)7-12(15(21)17-4)18-16(22)13-8-11(19-20-13)14-6-5-10(3)23-14/h5-6,8-9,12H,7H2,1-4H3,(H,17,21)(H,18,22)(H,19,20)/t12-/m0/s1. The van der Waals surface area contributed by atoms with Crippen LogP contribution in [0, 0.1) is 12.8 Å². The molecule has 0 aliphatic rings. The Morgan fingerprint density at radius 3 is 2.65 bits per heavy atom. The topological polar surface area (TPSA) is 86.9 Å². The number of aromatic nitrogens is 2. The molecule has 2 aromatic rings. The normalized spacial score (nSPS) is 12.2. The molecule has 3 N–H and O–H groups in total. The Labute approximate surface area is 139 Å². The first-order valence-electron chi connectivity index (χ1n) is 7.55. The summed E-state index contributed by atoms with van der Waals surface area (Å²) in [7, 11) is 1.56. The second kappa shape index (κ2) is 7.41. The number of nitrogens with one attached hydrogen (secondary N) is 3. The summed E-state index contributed by atoms with van der Waals surface area (Å²) in [5, 5.41) is 12.3. The van der Waals surface area contributed by atoms with E-state index in [1.165, 1.54) is 4.88 Å². The third-order valence-electron chi connectivity index (χ3n) is 3.39. The van der Waals surface area contributed by atoms with E-state index < -0.39 is 6.04 Å². The van der Waals surface area contributed by atoms with Crippen LogP contribution in [0.5, 0.6) is 0 Å². The first-order chi connectivity index (χ1) is 10.9. The molecule has 0 spiro atoms. The largest absolute Gasteiger partial charge is 0.357 e. The molecule has 0 unspecified atom stereocenters. The van der Waals surface area contributed by atoms with Gasteiger partial charge in [-0.3, -0.25) is 14.7 Å². The molecule has 0 bridgehead atoms. The fourth-order valence-corrected chi connectivity index (χ4v) is 3.09. The van der Waals surface area contributed by atoms with E-state index >= 15 is 0 Å². The maximum Gasteiger partial charge on any atom is 0.272 e. The zero-order valence-electron chi connectivity index (χ0n) is 13.8. The molecular formula is C16H22N4O2S. The molecular weight excluding hydrogens is 312 g/mol. The zero-order chi connectivity index (χ0) is 17.0. The van der Waals surface area contributed by atoms with E-state index in [-0.39, 0.29) is 17.5 Å². The summed E-state index contributed by atoms with van der Waals surface area (Å²) in [4.78, 5) is 26.4.